The molecule has 0 aliphatic heterocycles. The van der Waals surface area contributed by atoms with Gasteiger partial charge in [-0.15, -0.1) is 0 Å². The fraction of sp³-hybridized carbons (Fsp3) is 0.562. The number of halogens is 1. The first-order valence-electron chi connectivity index (χ1n) is 7.23. The van der Waals surface area contributed by atoms with Crippen molar-refractivity contribution in [3.05, 3.63) is 28.7 Å². The number of alkyl carbamates (subject to hydrolysis) is 1. The lowest BCUT2D eigenvalue weighted by Gasteiger charge is -2.27. The van der Waals surface area contributed by atoms with Crippen LogP contribution >= 0.6 is 15.9 Å². The molecule has 22 heavy (non-hydrogen) atoms. The van der Waals surface area contributed by atoms with Crippen LogP contribution in [-0.4, -0.2) is 37.5 Å². The lowest BCUT2D eigenvalue weighted by atomic mass is 10.1. The minimum Gasteiger partial charge on any atom is -0.444 e. The van der Waals surface area contributed by atoms with E-state index in [1.165, 1.54) is 0 Å². The van der Waals surface area contributed by atoms with Gasteiger partial charge in [-0.2, -0.15) is 0 Å². The molecule has 6 heteroatoms. The minimum atomic E-state index is -0.524. The third kappa shape index (κ3) is 7.13. The van der Waals surface area contributed by atoms with Crippen molar-refractivity contribution in [2.75, 3.05) is 19.0 Å². The number of hydrogen-bond donors (Lipinski definition) is 2. The number of benzene rings is 1. The van der Waals surface area contributed by atoms with Crippen LogP contribution in [0.5, 0.6) is 0 Å². The van der Waals surface area contributed by atoms with Gasteiger partial charge in [0.05, 0.1) is 12.1 Å². The van der Waals surface area contributed by atoms with Crippen LogP contribution in [0.1, 0.15) is 27.7 Å². The average molecular weight is 373 g/mol. The molecule has 0 saturated carbocycles. The van der Waals surface area contributed by atoms with Crippen LogP contribution < -0.4 is 10.6 Å². The van der Waals surface area contributed by atoms with Gasteiger partial charge in [0.1, 0.15) is 5.60 Å². The summed E-state index contributed by atoms with van der Waals surface area (Å²) in [7, 11) is 1.62. The Balaban J connectivity index is 2.60. The summed E-state index contributed by atoms with van der Waals surface area (Å²) in [5, 5.41) is 6.13. The Morgan fingerprint density at radius 1 is 1.27 bits per heavy atom. The van der Waals surface area contributed by atoms with Gasteiger partial charge in [0.15, 0.2) is 0 Å². The molecule has 2 atom stereocenters. The molecule has 0 saturated heterocycles. The molecule has 0 fully saturated rings. The molecule has 1 amide bonds. The highest BCUT2D eigenvalue weighted by atomic mass is 79.9. The van der Waals surface area contributed by atoms with E-state index in [1.807, 2.05) is 52.0 Å². The first-order chi connectivity index (χ1) is 10.2. The van der Waals surface area contributed by atoms with Crippen molar-refractivity contribution < 1.29 is 14.3 Å². The molecule has 0 spiro atoms. The number of ether oxygens (including phenoxy) is 2. The van der Waals surface area contributed by atoms with E-state index in [0.29, 0.717) is 6.54 Å². The smallest absolute Gasteiger partial charge is 0.408 e. The summed E-state index contributed by atoms with van der Waals surface area (Å²) >= 11 is 3.40. The lowest BCUT2D eigenvalue weighted by Crippen LogP contribution is -2.48. The normalized spacial score (nSPS) is 14.1. The van der Waals surface area contributed by atoms with Gasteiger partial charge in [-0.25, -0.2) is 4.79 Å². The first-order valence-corrected chi connectivity index (χ1v) is 8.02. The molecule has 1 aromatic rings. The van der Waals surface area contributed by atoms with Gasteiger partial charge in [-0.3, -0.25) is 0 Å². The molecule has 2 unspecified atom stereocenters. The zero-order valence-corrected chi connectivity index (χ0v) is 15.4. The van der Waals surface area contributed by atoms with Crippen molar-refractivity contribution in [3.8, 4) is 0 Å². The Kier molecular flexibility index (Phi) is 7.16. The van der Waals surface area contributed by atoms with Gasteiger partial charge in [0, 0.05) is 23.8 Å². The first kappa shape index (κ1) is 18.8. The molecule has 0 heterocycles. The van der Waals surface area contributed by atoms with Gasteiger partial charge in [-0.05, 0) is 52.0 Å². The van der Waals surface area contributed by atoms with Crippen molar-refractivity contribution >= 4 is 27.7 Å². The molecule has 0 aliphatic rings. The summed E-state index contributed by atoms with van der Waals surface area (Å²) in [6, 6.07) is 7.64. The molecular weight excluding hydrogens is 348 g/mol. The molecule has 5 nitrogen and oxygen atoms in total. The number of carbonyl (C=O) groups is 1. The molecule has 0 aromatic heterocycles. The number of rotatable bonds is 6. The summed E-state index contributed by atoms with van der Waals surface area (Å²) in [5.41, 5.74) is 0.451. The van der Waals surface area contributed by atoms with Crippen LogP contribution in [0.3, 0.4) is 0 Å². The van der Waals surface area contributed by atoms with Gasteiger partial charge < -0.3 is 20.1 Å². The zero-order valence-electron chi connectivity index (χ0n) is 13.8. The fourth-order valence-electron chi connectivity index (χ4n) is 1.75. The Hall–Kier alpha value is -1.27. The largest absolute Gasteiger partial charge is 0.444 e. The summed E-state index contributed by atoms with van der Waals surface area (Å²) in [5.74, 6) is 0. The maximum Gasteiger partial charge on any atom is 0.408 e. The molecule has 0 bridgehead atoms. The van der Waals surface area contributed by atoms with Crippen molar-refractivity contribution in [2.45, 2.75) is 45.4 Å². The van der Waals surface area contributed by atoms with E-state index >= 15 is 0 Å². The third-order valence-electron chi connectivity index (χ3n) is 3.01. The molecule has 0 radical (unpaired) electrons. The SMILES string of the molecule is COC(C)C(CNc1ccc(Br)cc1)NC(=O)OC(C)(C)C. The maximum absolute atomic E-state index is 11.9. The number of carbonyl (C=O) groups excluding carboxylic acids is 1. The number of methoxy groups -OCH3 is 1. The van der Waals surface area contributed by atoms with Crippen LogP contribution in [-0.2, 0) is 9.47 Å². The predicted octanol–water partition coefficient (Wildman–Crippen LogP) is 3.79. The fourth-order valence-corrected chi connectivity index (χ4v) is 2.02. The Labute approximate surface area is 140 Å². The maximum atomic E-state index is 11.9. The van der Waals surface area contributed by atoms with Crippen molar-refractivity contribution in [3.63, 3.8) is 0 Å². The Morgan fingerprint density at radius 3 is 2.36 bits per heavy atom. The number of nitrogens with one attached hydrogen (secondary N) is 2. The quantitative estimate of drug-likeness (QED) is 0.797. The summed E-state index contributed by atoms with van der Waals surface area (Å²) in [4.78, 5) is 11.9. The van der Waals surface area contributed by atoms with E-state index in [9.17, 15) is 4.79 Å². The van der Waals surface area contributed by atoms with Crippen LogP contribution in [0.15, 0.2) is 28.7 Å². The Bertz CT molecular complexity index is 471. The highest BCUT2D eigenvalue weighted by molar-refractivity contribution is 9.10. The van der Waals surface area contributed by atoms with E-state index in [-0.39, 0.29) is 12.1 Å². The van der Waals surface area contributed by atoms with E-state index in [4.69, 9.17) is 9.47 Å². The van der Waals surface area contributed by atoms with Gasteiger partial charge >= 0.3 is 6.09 Å². The number of anilines is 1. The minimum absolute atomic E-state index is 0.143. The Morgan fingerprint density at radius 2 is 1.86 bits per heavy atom. The molecule has 2 N–H and O–H groups in total. The second-order valence-corrected chi connectivity index (χ2v) is 7.00. The van der Waals surface area contributed by atoms with Gasteiger partial charge in [0.2, 0.25) is 0 Å². The van der Waals surface area contributed by atoms with E-state index in [0.717, 1.165) is 10.2 Å². The van der Waals surface area contributed by atoms with Gasteiger partial charge in [-0.1, -0.05) is 15.9 Å². The van der Waals surface area contributed by atoms with Crippen LogP contribution in [0.4, 0.5) is 10.5 Å². The van der Waals surface area contributed by atoms with Crippen molar-refractivity contribution in [2.24, 2.45) is 0 Å². The second-order valence-electron chi connectivity index (χ2n) is 6.08. The van der Waals surface area contributed by atoms with Crippen LogP contribution in [0, 0.1) is 0 Å². The molecule has 124 valence electrons. The summed E-state index contributed by atoms with van der Waals surface area (Å²) in [6.45, 7) is 7.95. The predicted molar refractivity (Wildman–Crippen MR) is 92.3 cm³/mol. The molecule has 1 rings (SSSR count). The highest BCUT2D eigenvalue weighted by Gasteiger charge is 2.23. The van der Waals surface area contributed by atoms with E-state index < -0.39 is 11.7 Å². The highest BCUT2D eigenvalue weighted by Crippen LogP contribution is 2.14. The van der Waals surface area contributed by atoms with Crippen LogP contribution in [0.25, 0.3) is 0 Å². The molecule has 0 aliphatic carbocycles. The second kappa shape index (κ2) is 8.39. The van der Waals surface area contributed by atoms with Gasteiger partial charge in [0.25, 0.3) is 0 Å². The average Bonchev–Trinajstić information content (AvgIpc) is 2.42. The van der Waals surface area contributed by atoms with Crippen molar-refractivity contribution in [1.82, 2.24) is 5.32 Å². The molecule has 1 aromatic carbocycles. The standard InChI is InChI=1S/C16H25BrN2O3/c1-11(21-5)14(19-15(20)22-16(2,3)4)10-18-13-8-6-12(17)7-9-13/h6-9,11,14,18H,10H2,1-5H3,(H,19,20). The van der Waals surface area contributed by atoms with Crippen molar-refractivity contribution in [1.29, 1.82) is 0 Å². The zero-order chi connectivity index (χ0) is 16.8. The third-order valence-corrected chi connectivity index (χ3v) is 3.54. The lowest BCUT2D eigenvalue weighted by molar-refractivity contribution is 0.0387. The van der Waals surface area contributed by atoms with Crippen LogP contribution in [0.2, 0.25) is 0 Å². The molecular formula is C16H25BrN2O3. The topological polar surface area (TPSA) is 59.6 Å². The van der Waals surface area contributed by atoms with E-state index in [2.05, 4.69) is 26.6 Å². The number of hydrogen-bond acceptors (Lipinski definition) is 4. The monoisotopic (exact) mass is 372 g/mol. The number of amides is 1. The van der Waals surface area contributed by atoms with E-state index in [1.54, 1.807) is 7.11 Å². The summed E-state index contributed by atoms with van der Waals surface area (Å²) < 4.78 is 11.6. The summed E-state index contributed by atoms with van der Waals surface area (Å²) in [6.07, 6.45) is -0.588.